The molecule has 1 saturated heterocycles. The molecule has 22 heavy (non-hydrogen) atoms. The number of hydrogen-bond donors (Lipinski definition) is 2. The van der Waals surface area contributed by atoms with Gasteiger partial charge in [-0.15, -0.1) is 0 Å². The number of nitrogens with one attached hydrogen (secondary N) is 1. The molecule has 0 bridgehead atoms. The van der Waals surface area contributed by atoms with E-state index in [1.165, 1.54) is 0 Å². The molecule has 1 heterocycles. The predicted octanol–water partition coefficient (Wildman–Crippen LogP) is 2.47. The average Bonchev–Trinajstić information content (AvgIpc) is 2.50. The highest BCUT2D eigenvalue weighted by molar-refractivity contribution is 8.00. The molecule has 0 amide bonds. The smallest absolute Gasteiger partial charge is 0.194 e. The van der Waals surface area contributed by atoms with Crippen LogP contribution in [0.2, 0.25) is 0 Å². The zero-order valence-corrected chi connectivity index (χ0v) is 14.6. The summed E-state index contributed by atoms with van der Waals surface area (Å²) in [4.78, 5) is 7.14. The highest BCUT2D eigenvalue weighted by atomic mass is 32.2. The lowest BCUT2D eigenvalue weighted by molar-refractivity contribution is 0.280. The zero-order chi connectivity index (χ0) is 16.0. The Labute approximate surface area is 138 Å². The van der Waals surface area contributed by atoms with Crippen LogP contribution in [0.4, 0.5) is 0 Å². The van der Waals surface area contributed by atoms with Crippen molar-refractivity contribution in [3.8, 4) is 0 Å². The number of aliphatic hydroxyl groups is 1. The van der Waals surface area contributed by atoms with Crippen molar-refractivity contribution in [3.63, 3.8) is 0 Å². The van der Waals surface area contributed by atoms with Gasteiger partial charge >= 0.3 is 0 Å². The summed E-state index contributed by atoms with van der Waals surface area (Å²) in [5.41, 5.74) is 2.04. The van der Waals surface area contributed by atoms with Crippen LogP contribution in [0.25, 0.3) is 0 Å². The Bertz CT molecular complexity index is 516. The van der Waals surface area contributed by atoms with Crippen LogP contribution in [0.5, 0.6) is 0 Å². The van der Waals surface area contributed by atoms with Gasteiger partial charge in [0.25, 0.3) is 0 Å². The Hall–Kier alpha value is -1.20. The van der Waals surface area contributed by atoms with Gasteiger partial charge in [-0.05, 0) is 31.9 Å². The highest BCUT2D eigenvalue weighted by Gasteiger charge is 2.28. The van der Waals surface area contributed by atoms with Crippen molar-refractivity contribution in [1.82, 2.24) is 10.2 Å². The fourth-order valence-electron chi connectivity index (χ4n) is 2.65. The predicted molar refractivity (Wildman–Crippen MR) is 95.3 cm³/mol. The number of nitrogens with zero attached hydrogens (tertiary/aromatic N) is 2. The molecule has 5 heteroatoms. The van der Waals surface area contributed by atoms with Crippen LogP contribution >= 0.6 is 11.8 Å². The number of aliphatic imine (C=N–C) groups is 1. The van der Waals surface area contributed by atoms with E-state index in [-0.39, 0.29) is 11.4 Å². The molecule has 2 N–H and O–H groups in total. The van der Waals surface area contributed by atoms with E-state index in [0.29, 0.717) is 6.54 Å². The number of benzene rings is 1. The summed E-state index contributed by atoms with van der Waals surface area (Å²) in [6.45, 7) is 10.2. The van der Waals surface area contributed by atoms with E-state index in [1.807, 2.05) is 36.0 Å². The summed E-state index contributed by atoms with van der Waals surface area (Å²) in [7, 11) is 0. The molecule has 1 aromatic rings. The van der Waals surface area contributed by atoms with Gasteiger partial charge in [-0.25, -0.2) is 4.99 Å². The molecule has 0 unspecified atom stereocenters. The van der Waals surface area contributed by atoms with E-state index >= 15 is 0 Å². The van der Waals surface area contributed by atoms with Gasteiger partial charge in [-0.3, -0.25) is 0 Å². The SMILES string of the molecule is CCNC(=NCc1ccccc1CO)N1CCSC(C)(C)C1. The molecule has 1 aliphatic heterocycles. The zero-order valence-electron chi connectivity index (χ0n) is 13.8. The molecule has 2 rings (SSSR count). The van der Waals surface area contributed by atoms with Crippen LogP contribution in [-0.4, -0.2) is 46.1 Å². The van der Waals surface area contributed by atoms with Crippen molar-refractivity contribution in [3.05, 3.63) is 35.4 Å². The Morgan fingerprint density at radius 2 is 2.09 bits per heavy atom. The van der Waals surface area contributed by atoms with Crippen molar-refractivity contribution < 1.29 is 5.11 Å². The van der Waals surface area contributed by atoms with Crippen molar-refractivity contribution in [2.24, 2.45) is 4.99 Å². The fraction of sp³-hybridized carbons (Fsp3) is 0.588. The van der Waals surface area contributed by atoms with E-state index in [0.717, 1.165) is 42.5 Å². The maximum Gasteiger partial charge on any atom is 0.194 e. The van der Waals surface area contributed by atoms with Crippen LogP contribution in [0.15, 0.2) is 29.3 Å². The first-order chi connectivity index (χ1) is 10.6. The minimum atomic E-state index is 0.0651. The van der Waals surface area contributed by atoms with Gasteiger partial charge in [0.05, 0.1) is 13.2 Å². The minimum Gasteiger partial charge on any atom is -0.392 e. The van der Waals surface area contributed by atoms with E-state index in [4.69, 9.17) is 4.99 Å². The van der Waals surface area contributed by atoms with Crippen LogP contribution in [-0.2, 0) is 13.2 Å². The molecule has 0 radical (unpaired) electrons. The summed E-state index contributed by atoms with van der Waals surface area (Å²) in [5.74, 6) is 2.11. The third kappa shape index (κ3) is 4.65. The summed E-state index contributed by atoms with van der Waals surface area (Å²) in [6.07, 6.45) is 0. The summed E-state index contributed by atoms with van der Waals surface area (Å²) in [6, 6.07) is 7.94. The lowest BCUT2D eigenvalue weighted by atomic mass is 10.1. The van der Waals surface area contributed by atoms with E-state index in [2.05, 4.69) is 31.0 Å². The average molecular weight is 321 g/mol. The molecule has 1 fully saturated rings. The number of rotatable bonds is 4. The second-order valence-corrected chi connectivity index (χ2v) is 7.93. The van der Waals surface area contributed by atoms with Gasteiger partial charge in [-0.1, -0.05) is 24.3 Å². The van der Waals surface area contributed by atoms with Crippen molar-refractivity contribution in [1.29, 1.82) is 0 Å². The van der Waals surface area contributed by atoms with Gasteiger partial charge in [0.1, 0.15) is 0 Å². The first kappa shape index (κ1) is 17.2. The van der Waals surface area contributed by atoms with Crippen LogP contribution in [0.3, 0.4) is 0 Å². The Morgan fingerprint density at radius 3 is 2.73 bits per heavy atom. The standard InChI is InChI=1S/C17H27N3OS/c1-4-18-16(20-9-10-22-17(2,3)13-20)19-11-14-7-5-6-8-15(14)12-21/h5-8,21H,4,9-13H2,1-3H3,(H,18,19). The Kier molecular flexibility index (Phi) is 6.15. The van der Waals surface area contributed by atoms with Gasteiger partial charge in [0.15, 0.2) is 5.96 Å². The second kappa shape index (κ2) is 7.88. The third-order valence-corrected chi connectivity index (χ3v) is 5.05. The van der Waals surface area contributed by atoms with Gasteiger partial charge < -0.3 is 15.3 Å². The lowest BCUT2D eigenvalue weighted by Gasteiger charge is -2.39. The van der Waals surface area contributed by atoms with Crippen molar-refractivity contribution in [2.75, 3.05) is 25.4 Å². The van der Waals surface area contributed by atoms with Crippen LogP contribution < -0.4 is 5.32 Å². The first-order valence-electron chi connectivity index (χ1n) is 7.90. The number of hydrogen-bond acceptors (Lipinski definition) is 3. The van der Waals surface area contributed by atoms with E-state index < -0.39 is 0 Å². The molecule has 1 aromatic carbocycles. The number of guanidine groups is 1. The highest BCUT2D eigenvalue weighted by Crippen LogP contribution is 2.29. The minimum absolute atomic E-state index is 0.0651. The monoisotopic (exact) mass is 321 g/mol. The Morgan fingerprint density at radius 1 is 1.36 bits per heavy atom. The fourth-order valence-corrected chi connectivity index (χ4v) is 3.76. The summed E-state index contributed by atoms with van der Waals surface area (Å²) in [5, 5.41) is 12.8. The molecule has 0 aromatic heterocycles. The van der Waals surface area contributed by atoms with Crippen LogP contribution in [0.1, 0.15) is 31.9 Å². The topological polar surface area (TPSA) is 47.9 Å². The van der Waals surface area contributed by atoms with Crippen molar-refractivity contribution >= 4 is 17.7 Å². The van der Waals surface area contributed by atoms with Gasteiger partial charge in [-0.2, -0.15) is 11.8 Å². The molecule has 0 atom stereocenters. The quantitative estimate of drug-likeness (QED) is 0.661. The summed E-state index contributed by atoms with van der Waals surface area (Å²) < 4.78 is 0.261. The van der Waals surface area contributed by atoms with Gasteiger partial charge in [0.2, 0.25) is 0 Å². The maximum atomic E-state index is 9.43. The molecular formula is C17H27N3OS. The number of thioether (sulfide) groups is 1. The summed E-state index contributed by atoms with van der Waals surface area (Å²) >= 11 is 2.02. The molecule has 4 nitrogen and oxygen atoms in total. The lowest BCUT2D eigenvalue weighted by Crippen LogP contribution is -2.50. The molecule has 0 aliphatic carbocycles. The molecular weight excluding hydrogens is 294 g/mol. The van der Waals surface area contributed by atoms with Crippen molar-refractivity contribution in [2.45, 2.75) is 38.7 Å². The maximum absolute atomic E-state index is 9.43. The Balaban J connectivity index is 2.13. The first-order valence-corrected chi connectivity index (χ1v) is 8.89. The molecule has 0 saturated carbocycles. The van der Waals surface area contributed by atoms with Crippen LogP contribution in [0, 0.1) is 0 Å². The molecule has 0 spiro atoms. The normalized spacial score (nSPS) is 18.4. The van der Waals surface area contributed by atoms with Gasteiger partial charge in [0, 0.05) is 30.1 Å². The number of aliphatic hydroxyl groups excluding tert-OH is 1. The second-order valence-electron chi connectivity index (χ2n) is 6.13. The molecule has 122 valence electrons. The van der Waals surface area contributed by atoms with E-state index in [9.17, 15) is 5.11 Å². The van der Waals surface area contributed by atoms with E-state index in [1.54, 1.807) is 0 Å². The third-order valence-electron chi connectivity index (χ3n) is 3.75. The largest absolute Gasteiger partial charge is 0.392 e. The molecule has 1 aliphatic rings.